The maximum atomic E-state index is 12.4. The van der Waals surface area contributed by atoms with E-state index < -0.39 is 0 Å². The average Bonchev–Trinajstić information content (AvgIpc) is 2.47. The van der Waals surface area contributed by atoms with Crippen molar-refractivity contribution in [3.8, 4) is 0 Å². The minimum atomic E-state index is -0.118. The predicted octanol–water partition coefficient (Wildman–Crippen LogP) is 2.57. The van der Waals surface area contributed by atoms with Gasteiger partial charge in [-0.15, -0.1) is 0 Å². The first kappa shape index (κ1) is 15.0. The number of carbonyl (C=O) groups is 1. The minimum absolute atomic E-state index is 0.118. The summed E-state index contributed by atoms with van der Waals surface area (Å²) in [6.07, 6.45) is 1.72. The SMILES string of the molecule is CC(C)Nc1cccc(C(=O)N(C)Cc2ccccn2)n1. The molecule has 0 fully saturated rings. The van der Waals surface area contributed by atoms with Crippen LogP contribution in [-0.2, 0) is 6.54 Å². The molecule has 2 aromatic heterocycles. The van der Waals surface area contributed by atoms with E-state index in [1.54, 1.807) is 24.2 Å². The summed E-state index contributed by atoms with van der Waals surface area (Å²) in [6.45, 7) is 4.52. The summed E-state index contributed by atoms with van der Waals surface area (Å²) in [7, 11) is 1.75. The molecule has 2 heterocycles. The molecule has 0 atom stereocenters. The fourth-order valence-electron chi connectivity index (χ4n) is 1.93. The highest BCUT2D eigenvalue weighted by Gasteiger charge is 2.14. The second kappa shape index (κ2) is 6.83. The molecule has 2 rings (SSSR count). The first-order valence-corrected chi connectivity index (χ1v) is 6.95. The zero-order chi connectivity index (χ0) is 15.2. The molecule has 0 aliphatic carbocycles. The van der Waals surface area contributed by atoms with E-state index in [2.05, 4.69) is 15.3 Å². The Morgan fingerprint density at radius 3 is 2.71 bits per heavy atom. The number of carbonyl (C=O) groups excluding carboxylic acids is 1. The zero-order valence-corrected chi connectivity index (χ0v) is 12.6. The van der Waals surface area contributed by atoms with Crippen LogP contribution in [0.1, 0.15) is 30.0 Å². The zero-order valence-electron chi connectivity index (χ0n) is 12.6. The summed E-state index contributed by atoms with van der Waals surface area (Å²) in [4.78, 5) is 22.6. The Bertz CT molecular complexity index is 598. The van der Waals surface area contributed by atoms with Gasteiger partial charge in [0.25, 0.3) is 5.91 Å². The smallest absolute Gasteiger partial charge is 0.272 e. The van der Waals surface area contributed by atoms with Crippen molar-refractivity contribution >= 4 is 11.7 Å². The van der Waals surface area contributed by atoms with Crippen LogP contribution in [0, 0.1) is 0 Å². The van der Waals surface area contributed by atoms with E-state index in [0.29, 0.717) is 18.1 Å². The molecule has 21 heavy (non-hydrogen) atoms. The fourth-order valence-corrected chi connectivity index (χ4v) is 1.93. The number of anilines is 1. The standard InChI is InChI=1S/C16H20N4O/c1-12(2)18-15-9-6-8-14(19-15)16(21)20(3)11-13-7-4-5-10-17-13/h4-10,12H,11H2,1-3H3,(H,18,19). The van der Waals surface area contributed by atoms with Gasteiger partial charge in [0.15, 0.2) is 0 Å². The van der Waals surface area contributed by atoms with Gasteiger partial charge in [-0.1, -0.05) is 12.1 Å². The lowest BCUT2D eigenvalue weighted by Crippen LogP contribution is -2.27. The molecule has 0 unspecified atom stereocenters. The van der Waals surface area contributed by atoms with E-state index in [9.17, 15) is 4.79 Å². The van der Waals surface area contributed by atoms with E-state index in [4.69, 9.17) is 0 Å². The lowest BCUT2D eigenvalue weighted by Gasteiger charge is -2.17. The molecule has 0 bridgehead atoms. The summed E-state index contributed by atoms with van der Waals surface area (Å²) < 4.78 is 0. The molecular formula is C16H20N4O. The van der Waals surface area contributed by atoms with Crippen molar-refractivity contribution in [1.82, 2.24) is 14.9 Å². The van der Waals surface area contributed by atoms with Crippen LogP contribution in [0.4, 0.5) is 5.82 Å². The predicted molar refractivity (Wildman–Crippen MR) is 83.0 cm³/mol. The summed E-state index contributed by atoms with van der Waals surface area (Å²) in [6, 6.07) is 11.3. The second-order valence-electron chi connectivity index (χ2n) is 5.19. The highest BCUT2D eigenvalue weighted by molar-refractivity contribution is 5.92. The van der Waals surface area contributed by atoms with Crippen LogP contribution in [0.3, 0.4) is 0 Å². The summed E-state index contributed by atoms with van der Waals surface area (Å²) in [5.74, 6) is 0.593. The molecule has 110 valence electrons. The Morgan fingerprint density at radius 2 is 2.05 bits per heavy atom. The number of amides is 1. The van der Waals surface area contributed by atoms with Gasteiger partial charge in [0.05, 0.1) is 12.2 Å². The molecule has 5 heteroatoms. The summed E-state index contributed by atoms with van der Waals surface area (Å²) in [5.41, 5.74) is 1.28. The number of nitrogens with zero attached hydrogens (tertiary/aromatic N) is 3. The number of hydrogen-bond acceptors (Lipinski definition) is 4. The number of nitrogens with one attached hydrogen (secondary N) is 1. The molecule has 5 nitrogen and oxygen atoms in total. The fraction of sp³-hybridized carbons (Fsp3) is 0.312. The van der Waals surface area contributed by atoms with E-state index in [-0.39, 0.29) is 11.9 Å². The number of rotatable bonds is 5. The largest absolute Gasteiger partial charge is 0.368 e. The van der Waals surface area contributed by atoms with Crippen molar-refractivity contribution in [3.05, 3.63) is 54.0 Å². The van der Waals surface area contributed by atoms with Gasteiger partial charge < -0.3 is 10.2 Å². The number of aromatic nitrogens is 2. The molecule has 0 aliphatic heterocycles. The van der Waals surface area contributed by atoms with Crippen molar-refractivity contribution in [2.45, 2.75) is 26.4 Å². The Balaban J connectivity index is 2.08. The molecule has 0 spiro atoms. The van der Waals surface area contributed by atoms with Gasteiger partial charge in [0, 0.05) is 19.3 Å². The quantitative estimate of drug-likeness (QED) is 0.916. The third-order valence-electron chi connectivity index (χ3n) is 2.88. The lowest BCUT2D eigenvalue weighted by atomic mass is 10.3. The molecule has 2 aromatic rings. The van der Waals surface area contributed by atoms with E-state index >= 15 is 0 Å². The Hall–Kier alpha value is -2.43. The van der Waals surface area contributed by atoms with E-state index in [1.165, 1.54) is 0 Å². The van der Waals surface area contributed by atoms with Crippen LogP contribution in [-0.4, -0.2) is 33.9 Å². The number of pyridine rings is 2. The second-order valence-corrected chi connectivity index (χ2v) is 5.19. The normalized spacial score (nSPS) is 10.5. The van der Waals surface area contributed by atoms with Gasteiger partial charge in [-0.05, 0) is 38.1 Å². The van der Waals surface area contributed by atoms with Gasteiger partial charge in [0.2, 0.25) is 0 Å². The van der Waals surface area contributed by atoms with Crippen LogP contribution >= 0.6 is 0 Å². The van der Waals surface area contributed by atoms with Gasteiger partial charge in [-0.2, -0.15) is 0 Å². The molecule has 0 saturated carbocycles. The van der Waals surface area contributed by atoms with Crippen LogP contribution < -0.4 is 5.32 Å². The van der Waals surface area contributed by atoms with Gasteiger partial charge in [-0.3, -0.25) is 9.78 Å². The van der Waals surface area contributed by atoms with Crippen LogP contribution in [0.2, 0.25) is 0 Å². The third-order valence-corrected chi connectivity index (χ3v) is 2.88. The van der Waals surface area contributed by atoms with Crippen molar-refractivity contribution in [2.24, 2.45) is 0 Å². The molecule has 0 aromatic carbocycles. The molecule has 1 amide bonds. The summed E-state index contributed by atoms with van der Waals surface area (Å²) >= 11 is 0. The summed E-state index contributed by atoms with van der Waals surface area (Å²) in [5, 5.41) is 3.19. The molecule has 1 N–H and O–H groups in total. The Morgan fingerprint density at radius 1 is 1.24 bits per heavy atom. The van der Waals surface area contributed by atoms with Crippen molar-refractivity contribution in [1.29, 1.82) is 0 Å². The van der Waals surface area contributed by atoms with E-state index in [0.717, 1.165) is 5.69 Å². The first-order chi connectivity index (χ1) is 10.1. The van der Waals surface area contributed by atoms with Gasteiger partial charge in [-0.25, -0.2) is 4.98 Å². The maximum Gasteiger partial charge on any atom is 0.272 e. The van der Waals surface area contributed by atoms with Crippen LogP contribution in [0.15, 0.2) is 42.6 Å². The first-order valence-electron chi connectivity index (χ1n) is 6.95. The monoisotopic (exact) mass is 284 g/mol. The number of hydrogen-bond donors (Lipinski definition) is 1. The Kier molecular flexibility index (Phi) is 4.87. The average molecular weight is 284 g/mol. The Labute approximate surface area is 125 Å². The highest BCUT2D eigenvalue weighted by Crippen LogP contribution is 2.09. The van der Waals surface area contributed by atoms with E-state index in [1.807, 2.05) is 44.2 Å². The maximum absolute atomic E-state index is 12.4. The van der Waals surface area contributed by atoms with Crippen molar-refractivity contribution in [3.63, 3.8) is 0 Å². The highest BCUT2D eigenvalue weighted by atomic mass is 16.2. The van der Waals surface area contributed by atoms with Crippen LogP contribution in [0.5, 0.6) is 0 Å². The van der Waals surface area contributed by atoms with Crippen LogP contribution in [0.25, 0.3) is 0 Å². The topological polar surface area (TPSA) is 58.1 Å². The molecule has 0 aliphatic rings. The minimum Gasteiger partial charge on any atom is -0.368 e. The van der Waals surface area contributed by atoms with Crippen molar-refractivity contribution < 1.29 is 4.79 Å². The van der Waals surface area contributed by atoms with Gasteiger partial charge in [0.1, 0.15) is 11.5 Å². The third kappa shape index (κ3) is 4.27. The molecular weight excluding hydrogens is 264 g/mol. The lowest BCUT2D eigenvalue weighted by molar-refractivity contribution is 0.0777. The molecule has 0 saturated heterocycles. The molecule has 0 radical (unpaired) electrons. The van der Waals surface area contributed by atoms with Gasteiger partial charge >= 0.3 is 0 Å². The van der Waals surface area contributed by atoms with Crippen molar-refractivity contribution in [2.75, 3.05) is 12.4 Å².